The lowest BCUT2D eigenvalue weighted by atomic mass is 10.1. The van der Waals surface area contributed by atoms with Crippen LogP contribution >= 0.6 is 0 Å². The first-order valence-electron chi connectivity index (χ1n) is 10.4. The molecule has 0 radical (unpaired) electrons. The number of nitrogens with one attached hydrogen (secondary N) is 2. The molecule has 1 unspecified atom stereocenters. The Morgan fingerprint density at radius 3 is 2.75 bits per heavy atom. The molecule has 0 spiro atoms. The molecule has 28 heavy (non-hydrogen) atoms. The van der Waals surface area contributed by atoms with Crippen molar-refractivity contribution < 1.29 is 4.79 Å². The zero-order valence-corrected chi connectivity index (χ0v) is 17.2. The van der Waals surface area contributed by atoms with Crippen LogP contribution in [0.4, 0.5) is 0 Å². The van der Waals surface area contributed by atoms with Crippen molar-refractivity contribution in [3.05, 3.63) is 48.0 Å². The van der Waals surface area contributed by atoms with Crippen molar-refractivity contribution in [1.29, 1.82) is 0 Å². The average molecular weight is 381 g/mol. The maximum atomic E-state index is 12.2. The second-order valence-electron chi connectivity index (χ2n) is 7.76. The smallest absolute Gasteiger partial charge is 0.225 e. The van der Waals surface area contributed by atoms with Gasteiger partial charge in [-0.1, -0.05) is 56.3 Å². The van der Waals surface area contributed by atoms with Crippen molar-refractivity contribution in [2.75, 3.05) is 26.2 Å². The first kappa shape index (κ1) is 20.2. The number of benzene rings is 2. The van der Waals surface area contributed by atoms with Gasteiger partial charge in [0.25, 0.3) is 0 Å². The summed E-state index contributed by atoms with van der Waals surface area (Å²) in [4.78, 5) is 18.9. The van der Waals surface area contributed by atoms with Crippen LogP contribution in [0.25, 0.3) is 10.8 Å². The fourth-order valence-corrected chi connectivity index (χ4v) is 3.65. The van der Waals surface area contributed by atoms with Crippen LogP contribution in [-0.2, 0) is 11.2 Å². The number of nitrogens with zero attached hydrogens (tertiary/aromatic N) is 2. The Kier molecular flexibility index (Phi) is 6.90. The summed E-state index contributed by atoms with van der Waals surface area (Å²) in [6, 6.07) is 15.3. The second-order valence-corrected chi connectivity index (χ2v) is 7.76. The SMILES string of the molecule is CCNC(=NCCc1ccc2ccccc2c1)NC1CCN(C(=O)C(C)C)C1. The maximum Gasteiger partial charge on any atom is 0.225 e. The van der Waals surface area contributed by atoms with E-state index in [0.717, 1.165) is 45.0 Å². The molecular weight excluding hydrogens is 348 g/mol. The van der Waals surface area contributed by atoms with Crippen molar-refractivity contribution in [3.8, 4) is 0 Å². The molecule has 1 saturated heterocycles. The molecule has 2 N–H and O–H groups in total. The Morgan fingerprint density at radius 1 is 1.21 bits per heavy atom. The highest BCUT2D eigenvalue weighted by atomic mass is 16.2. The molecular formula is C23H32N4O. The first-order valence-corrected chi connectivity index (χ1v) is 10.4. The quantitative estimate of drug-likeness (QED) is 0.598. The zero-order valence-electron chi connectivity index (χ0n) is 17.2. The maximum absolute atomic E-state index is 12.2. The van der Waals surface area contributed by atoms with Crippen molar-refractivity contribution >= 4 is 22.6 Å². The highest BCUT2D eigenvalue weighted by Crippen LogP contribution is 2.16. The van der Waals surface area contributed by atoms with Crippen molar-refractivity contribution in [1.82, 2.24) is 15.5 Å². The van der Waals surface area contributed by atoms with Gasteiger partial charge >= 0.3 is 0 Å². The minimum absolute atomic E-state index is 0.0580. The van der Waals surface area contributed by atoms with E-state index in [1.165, 1.54) is 16.3 Å². The molecule has 5 heteroatoms. The van der Waals surface area contributed by atoms with Gasteiger partial charge in [-0.25, -0.2) is 0 Å². The molecule has 0 aliphatic carbocycles. The lowest BCUT2D eigenvalue weighted by Gasteiger charge is -2.20. The predicted molar refractivity (Wildman–Crippen MR) is 117 cm³/mol. The summed E-state index contributed by atoms with van der Waals surface area (Å²) in [5.74, 6) is 1.14. The van der Waals surface area contributed by atoms with Crippen LogP contribution in [0.5, 0.6) is 0 Å². The summed E-state index contributed by atoms with van der Waals surface area (Å²) in [6.07, 6.45) is 1.87. The number of carbonyl (C=O) groups excluding carboxylic acids is 1. The van der Waals surface area contributed by atoms with E-state index in [1.807, 2.05) is 18.7 Å². The summed E-state index contributed by atoms with van der Waals surface area (Å²) in [6.45, 7) is 9.13. The van der Waals surface area contributed by atoms with E-state index in [2.05, 4.69) is 60.0 Å². The number of likely N-dealkylation sites (tertiary alicyclic amines) is 1. The number of aliphatic imine (C=N–C) groups is 1. The molecule has 0 saturated carbocycles. The molecule has 3 rings (SSSR count). The Labute approximate surface area is 168 Å². The van der Waals surface area contributed by atoms with Crippen LogP contribution in [-0.4, -0.2) is 49.0 Å². The zero-order chi connectivity index (χ0) is 19.9. The van der Waals surface area contributed by atoms with Crippen LogP contribution in [0.2, 0.25) is 0 Å². The average Bonchev–Trinajstić information content (AvgIpc) is 3.15. The third-order valence-corrected chi connectivity index (χ3v) is 5.16. The fourth-order valence-electron chi connectivity index (χ4n) is 3.65. The van der Waals surface area contributed by atoms with E-state index < -0.39 is 0 Å². The van der Waals surface area contributed by atoms with Gasteiger partial charge in [0.1, 0.15) is 0 Å². The lowest BCUT2D eigenvalue weighted by molar-refractivity contribution is -0.133. The monoisotopic (exact) mass is 380 g/mol. The van der Waals surface area contributed by atoms with Crippen molar-refractivity contribution in [2.24, 2.45) is 10.9 Å². The molecule has 1 aliphatic heterocycles. The molecule has 150 valence electrons. The van der Waals surface area contributed by atoms with Gasteiger partial charge in [-0.2, -0.15) is 0 Å². The van der Waals surface area contributed by atoms with E-state index in [1.54, 1.807) is 0 Å². The predicted octanol–water partition coefficient (Wildman–Crippen LogP) is 3.19. The molecule has 1 heterocycles. The van der Waals surface area contributed by atoms with Gasteiger partial charge in [-0.3, -0.25) is 9.79 Å². The lowest BCUT2D eigenvalue weighted by Crippen LogP contribution is -2.45. The minimum atomic E-state index is 0.0580. The highest BCUT2D eigenvalue weighted by molar-refractivity contribution is 5.83. The largest absolute Gasteiger partial charge is 0.357 e. The summed E-state index contributed by atoms with van der Waals surface area (Å²) < 4.78 is 0. The Morgan fingerprint density at radius 2 is 2.00 bits per heavy atom. The first-order chi connectivity index (χ1) is 13.6. The molecule has 0 bridgehead atoms. The summed E-state index contributed by atoms with van der Waals surface area (Å²) in [7, 11) is 0. The number of amides is 1. The second kappa shape index (κ2) is 9.58. The van der Waals surface area contributed by atoms with Crippen molar-refractivity contribution in [2.45, 2.75) is 39.7 Å². The van der Waals surface area contributed by atoms with Crippen LogP contribution < -0.4 is 10.6 Å². The molecule has 1 fully saturated rings. The van der Waals surface area contributed by atoms with Crippen LogP contribution in [0.3, 0.4) is 0 Å². The fraction of sp³-hybridized carbons (Fsp3) is 0.478. The number of guanidine groups is 1. The third-order valence-electron chi connectivity index (χ3n) is 5.16. The highest BCUT2D eigenvalue weighted by Gasteiger charge is 2.27. The van der Waals surface area contributed by atoms with Crippen LogP contribution in [0.15, 0.2) is 47.5 Å². The van der Waals surface area contributed by atoms with Gasteiger partial charge in [0, 0.05) is 38.1 Å². The van der Waals surface area contributed by atoms with Crippen molar-refractivity contribution in [3.63, 3.8) is 0 Å². The van der Waals surface area contributed by atoms with E-state index in [4.69, 9.17) is 4.99 Å². The van der Waals surface area contributed by atoms with Gasteiger partial charge < -0.3 is 15.5 Å². The Balaban J connectivity index is 1.55. The Bertz CT molecular complexity index is 830. The number of rotatable bonds is 6. The molecule has 1 atom stereocenters. The van der Waals surface area contributed by atoms with E-state index >= 15 is 0 Å². The van der Waals surface area contributed by atoms with Gasteiger partial charge in [0.15, 0.2) is 5.96 Å². The van der Waals surface area contributed by atoms with E-state index in [9.17, 15) is 4.79 Å². The molecule has 0 aromatic heterocycles. The Hall–Kier alpha value is -2.56. The molecule has 1 aliphatic rings. The number of hydrogen-bond donors (Lipinski definition) is 2. The number of fused-ring (bicyclic) bond motifs is 1. The molecule has 2 aromatic rings. The summed E-state index contributed by atoms with van der Waals surface area (Å²) >= 11 is 0. The van der Waals surface area contributed by atoms with Crippen LogP contribution in [0, 0.1) is 5.92 Å². The van der Waals surface area contributed by atoms with Gasteiger partial charge in [0.05, 0.1) is 0 Å². The normalized spacial score (nSPS) is 17.4. The van der Waals surface area contributed by atoms with E-state index in [-0.39, 0.29) is 17.9 Å². The minimum Gasteiger partial charge on any atom is -0.357 e. The number of hydrogen-bond acceptors (Lipinski definition) is 2. The summed E-state index contributed by atoms with van der Waals surface area (Å²) in [5, 5.41) is 9.37. The molecule has 5 nitrogen and oxygen atoms in total. The van der Waals surface area contributed by atoms with Gasteiger partial charge in [-0.15, -0.1) is 0 Å². The standard InChI is InChI=1S/C23H32N4O/c1-4-24-23(26-21-12-14-27(16-21)22(28)17(2)3)25-13-11-18-9-10-19-7-5-6-8-20(19)15-18/h5-10,15,17,21H,4,11-14,16H2,1-3H3,(H2,24,25,26). The topological polar surface area (TPSA) is 56.7 Å². The van der Waals surface area contributed by atoms with Crippen LogP contribution in [0.1, 0.15) is 32.8 Å². The number of carbonyl (C=O) groups is 1. The van der Waals surface area contributed by atoms with E-state index in [0.29, 0.717) is 0 Å². The third kappa shape index (κ3) is 5.24. The van der Waals surface area contributed by atoms with Gasteiger partial charge in [0.2, 0.25) is 5.91 Å². The summed E-state index contributed by atoms with van der Waals surface area (Å²) in [5.41, 5.74) is 1.30. The molecule has 1 amide bonds. The van der Waals surface area contributed by atoms with Gasteiger partial charge in [-0.05, 0) is 36.1 Å². The molecule has 2 aromatic carbocycles.